The van der Waals surface area contributed by atoms with E-state index in [1.54, 1.807) is 12.1 Å². The summed E-state index contributed by atoms with van der Waals surface area (Å²) in [5.74, 6) is -0.261. The van der Waals surface area contributed by atoms with Crippen molar-refractivity contribution in [2.45, 2.75) is 13.5 Å². The van der Waals surface area contributed by atoms with E-state index in [1.165, 1.54) is 13.2 Å². The molecule has 0 aliphatic carbocycles. The predicted molar refractivity (Wildman–Crippen MR) is 79.5 cm³/mol. The molecule has 0 saturated carbocycles. The summed E-state index contributed by atoms with van der Waals surface area (Å²) in [6, 6.07) is 10.6. The normalized spacial score (nSPS) is 10.3. The lowest BCUT2D eigenvalue weighted by atomic mass is 10.2. The molecule has 0 unspecified atom stereocenters. The van der Waals surface area contributed by atoms with Gasteiger partial charge < -0.3 is 19.2 Å². The maximum Gasteiger partial charge on any atom is 0.373 e. The third kappa shape index (κ3) is 4.46. The van der Waals surface area contributed by atoms with E-state index in [9.17, 15) is 9.59 Å². The lowest BCUT2D eigenvalue weighted by Gasteiger charge is -2.06. The minimum absolute atomic E-state index is 0.0955. The van der Waals surface area contributed by atoms with Gasteiger partial charge in [-0.15, -0.1) is 0 Å². The average molecular weight is 303 g/mol. The Morgan fingerprint density at radius 1 is 1.23 bits per heavy atom. The first-order valence-corrected chi connectivity index (χ1v) is 6.70. The van der Waals surface area contributed by atoms with Crippen LogP contribution in [0.5, 0.6) is 0 Å². The SMILES string of the molecule is COC(=O)c1ccc(COCC(=O)Nc2cccc(C)c2)o1. The quantitative estimate of drug-likeness (QED) is 0.830. The van der Waals surface area contributed by atoms with E-state index in [-0.39, 0.29) is 24.9 Å². The second kappa shape index (κ2) is 7.42. The molecule has 0 saturated heterocycles. The molecule has 1 aromatic carbocycles. The van der Waals surface area contributed by atoms with Crippen LogP contribution in [0.4, 0.5) is 5.69 Å². The average Bonchev–Trinajstić information content (AvgIpc) is 2.95. The molecule has 1 amide bonds. The molecular weight excluding hydrogens is 286 g/mol. The molecule has 1 aromatic heterocycles. The number of carbonyl (C=O) groups excluding carboxylic acids is 2. The van der Waals surface area contributed by atoms with Gasteiger partial charge in [0.2, 0.25) is 11.7 Å². The third-order valence-corrected chi connectivity index (χ3v) is 2.83. The molecule has 6 nitrogen and oxygen atoms in total. The number of nitrogens with one attached hydrogen (secondary N) is 1. The first kappa shape index (κ1) is 15.8. The van der Waals surface area contributed by atoms with Crippen molar-refractivity contribution in [1.82, 2.24) is 0 Å². The number of benzene rings is 1. The highest BCUT2D eigenvalue weighted by Gasteiger charge is 2.11. The van der Waals surface area contributed by atoms with Gasteiger partial charge in [-0.2, -0.15) is 0 Å². The first-order valence-electron chi connectivity index (χ1n) is 6.70. The summed E-state index contributed by atoms with van der Waals surface area (Å²) in [5, 5.41) is 2.73. The van der Waals surface area contributed by atoms with Crippen LogP contribution in [0.3, 0.4) is 0 Å². The number of ether oxygens (including phenoxy) is 2. The zero-order chi connectivity index (χ0) is 15.9. The highest BCUT2D eigenvalue weighted by atomic mass is 16.5. The second-order valence-electron chi connectivity index (χ2n) is 4.67. The number of amides is 1. The maximum absolute atomic E-state index is 11.7. The topological polar surface area (TPSA) is 77.8 Å². The molecular formula is C16H17NO5. The summed E-state index contributed by atoms with van der Waals surface area (Å²) < 4.78 is 15.0. The van der Waals surface area contributed by atoms with Crippen LogP contribution in [-0.4, -0.2) is 25.6 Å². The Labute approximate surface area is 128 Å². The summed E-state index contributed by atoms with van der Waals surface area (Å²) in [6.07, 6.45) is 0. The lowest BCUT2D eigenvalue weighted by Crippen LogP contribution is -2.18. The van der Waals surface area contributed by atoms with Crippen LogP contribution in [0.1, 0.15) is 21.9 Å². The molecule has 1 N–H and O–H groups in total. The van der Waals surface area contributed by atoms with Crippen molar-refractivity contribution in [2.75, 3.05) is 19.0 Å². The van der Waals surface area contributed by atoms with Crippen molar-refractivity contribution in [3.63, 3.8) is 0 Å². The van der Waals surface area contributed by atoms with Gasteiger partial charge in [-0.25, -0.2) is 4.79 Å². The number of furan rings is 1. The van der Waals surface area contributed by atoms with Crippen LogP contribution in [0.2, 0.25) is 0 Å². The highest BCUT2D eigenvalue weighted by molar-refractivity contribution is 5.91. The van der Waals surface area contributed by atoms with Crippen molar-refractivity contribution in [1.29, 1.82) is 0 Å². The molecule has 2 aromatic rings. The van der Waals surface area contributed by atoms with Crippen molar-refractivity contribution in [2.24, 2.45) is 0 Å². The monoisotopic (exact) mass is 303 g/mol. The van der Waals surface area contributed by atoms with Crippen LogP contribution in [-0.2, 0) is 20.9 Å². The van der Waals surface area contributed by atoms with Gasteiger partial charge in [-0.1, -0.05) is 12.1 Å². The largest absolute Gasteiger partial charge is 0.463 e. The standard InChI is InChI=1S/C16H17NO5/c1-11-4-3-5-12(8-11)17-15(18)10-21-9-13-6-7-14(22-13)16(19)20-2/h3-8H,9-10H2,1-2H3,(H,17,18). The van der Waals surface area contributed by atoms with E-state index in [1.807, 2.05) is 25.1 Å². The summed E-state index contributed by atoms with van der Waals surface area (Å²) in [4.78, 5) is 23.0. The van der Waals surface area contributed by atoms with E-state index >= 15 is 0 Å². The molecule has 0 aliphatic rings. The molecule has 116 valence electrons. The number of hydrogen-bond acceptors (Lipinski definition) is 5. The minimum atomic E-state index is -0.552. The van der Waals surface area contributed by atoms with Crippen LogP contribution in [0, 0.1) is 6.92 Å². The predicted octanol–water partition coefficient (Wildman–Crippen LogP) is 2.53. The van der Waals surface area contributed by atoms with Gasteiger partial charge in [0.15, 0.2) is 0 Å². The fraction of sp³-hybridized carbons (Fsp3) is 0.250. The zero-order valence-electron chi connectivity index (χ0n) is 12.4. The summed E-state index contributed by atoms with van der Waals surface area (Å²) in [6.45, 7) is 1.93. The number of aryl methyl sites for hydroxylation is 1. The Bertz CT molecular complexity index is 662. The molecule has 0 radical (unpaired) electrons. The van der Waals surface area contributed by atoms with Gasteiger partial charge in [0.25, 0.3) is 0 Å². The summed E-state index contributed by atoms with van der Waals surface area (Å²) in [5.41, 5.74) is 1.78. The number of rotatable bonds is 6. The van der Waals surface area contributed by atoms with E-state index < -0.39 is 5.97 Å². The first-order chi connectivity index (χ1) is 10.6. The van der Waals surface area contributed by atoms with Crippen LogP contribution in [0.15, 0.2) is 40.8 Å². The summed E-state index contributed by atoms with van der Waals surface area (Å²) >= 11 is 0. The fourth-order valence-corrected chi connectivity index (χ4v) is 1.83. The molecule has 0 spiro atoms. The number of esters is 1. The third-order valence-electron chi connectivity index (χ3n) is 2.83. The fourth-order valence-electron chi connectivity index (χ4n) is 1.83. The Morgan fingerprint density at radius 3 is 2.77 bits per heavy atom. The smallest absolute Gasteiger partial charge is 0.373 e. The Kier molecular flexibility index (Phi) is 5.32. The van der Waals surface area contributed by atoms with E-state index in [4.69, 9.17) is 9.15 Å². The lowest BCUT2D eigenvalue weighted by molar-refractivity contribution is -0.121. The van der Waals surface area contributed by atoms with Crippen LogP contribution >= 0.6 is 0 Å². The molecule has 1 heterocycles. The van der Waals surface area contributed by atoms with Crippen molar-refractivity contribution >= 4 is 17.6 Å². The van der Waals surface area contributed by atoms with Crippen molar-refractivity contribution in [3.05, 3.63) is 53.5 Å². The van der Waals surface area contributed by atoms with E-state index in [0.29, 0.717) is 5.76 Å². The van der Waals surface area contributed by atoms with Crippen LogP contribution < -0.4 is 5.32 Å². The van der Waals surface area contributed by atoms with Crippen molar-refractivity contribution < 1.29 is 23.5 Å². The minimum Gasteiger partial charge on any atom is -0.463 e. The van der Waals surface area contributed by atoms with Crippen LogP contribution in [0.25, 0.3) is 0 Å². The molecule has 0 bridgehead atoms. The molecule has 0 aliphatic heterocycles. The number of hydrogen-bond donors (Lipinski definition) is 1. The van der Waals surface area contributed by atoms with Gasteiger partial charge >= 0.3 is 5.97 Å². The van der Waals surface area contributed by atoms with Gasteiger partial charge in [-0.05, 0) is 36.8 Å². The second-order valence-corrected chi connectivity index (χ2v) is 4.67. The maximum atomic E-state index is 11.7. The van der Waals surface area contributed by atoms with Gasteiger partial charge in [0.05, 0.1) is 7.11 Å². The van der Waals surface area contributed by atoms with Gasteiger partial charge in [-0.3, -0.25) is 4.79 Å². The zero-order valence-corrected chi connectivity index (χ0v) is 12.4. The number of methoxy groups -OCH3 is 1. The number of anilines is 1. The van der Waals surface area contributed by atoms with Gasteiger partial charge in [0.1, 0.15) is 19.0 Å². The van der Waals surface area contributed by atoms with E-state index in [2.05, 4.69) is 10.1 Å². The Hall–Kier alpha value is -2.60. The molecule has 0 fully saturated rings. The molecule has 0 atom stereocenters. The highest BCUT2D eigenvalue weighted by Crippen LogP contribution is 2.11. The van der Waals surface area contributed by atoms with Gasteiger partial charge in [0, 0.05) is 5.69 Å². The summed E-state index contributed by atoms with van der Waals surface area (Å²) in [7, 11) is 1.27. The van der Waals surface area contributed by atoms with E-state index in [0.717, 1.165) is 11.3 Å². The molecule has 22 heavy (non-hydrogen) atoms. The molecule has 6 heteroatoms. The Balaban J connectivity index is 1.77. The molecule has 2 rings (SSSR count). The Morgan fingerprint density at radius 2 is 2.05 bits per heavy atom. The number of carbonyl (C=O) groups is 2. The van der Waals surface area contributed by atoms with Crippen molar-refractivity contribution in [3.8, 4) is 0 Å².